The zero-order chi connectivity index (χ0) is 22.5. The summed E-state index contributed by atoms with van der Waals surface area (Å²) in [5, 5.41) is 1.05. The maximum atomic E-state index is 13.4. The van der Waals surface area contributed by atoms with E-state index >= 15 is 0 Å². The molecular formula is C23H35N3O3S2. The summed E-state index contributed by atoms with van der Waals surface area (Å²) in [4.78, 5) is 35.1. The number of aromatic nitrogens is 2. The van der Waals surface area contributed by atoms with E-state index in [2.05, 4.69) is 0 Å². The maximum Gasteiger partial charge on any atom is 0.263 e. The van der Waals surface area contributed by atoms with E-state index in [-0.39, 0.29) is 16.7 Å². The van der Waals surface area contributed by atoms with Gasteiger partial charge in [-0.1, -0.05) is 31.0 Å². The molecule has 8 heteroatoms. The van der Waals surface area contributed by atoms with Gasteiger partial charge in [0, 0.05) is 37.7 Å². The van der Waals surface area contributed by atoms with E-state index in [9.17, 15) is 9.59 Å². The van der Waals surface area contributed by atoms with E-state index in [4.69, 9.17) is 9.72 Å². The molecule has 0 spiro atoms. The van der Waals surface area contributed by atoms with Crippen LogP contribution in [-0.2, 0) is 16.1 Å². The van der Waals surface area contributed by atoms with E-state index in [1.165, 1.54) is 31.0 Å². The number of thioether (sulfide) groups is 1. The summed E-state index contributed by atoms with van der Waals surface area (Å²) in [6.45, 7) is 9.71. The fraction of sp³-hybridized carbons (Fsp3) is 0.696. The van der Waals surface area contributed by atoms with E-state index in [1.807, 2.05) is 39.6 Å². The minimum Gasteiger partial charge on any atom is -0.382 e. The summed E-state index contributed by atoms with van der Waals surface area (Å²) in [5.74, 6) is 0.116. The first-order valence-corrected chi connectivity index (χ1v) is 13.1. The predicted molar refractivity (Wildman–Crippen MR) is 129 cm³/mol. The molecule has 1 fully saturated rings. The number of amides is 1. The van der Waals surface area contributed by atoms with Gasteiger partial charge in [-0.25, -0.2) is 4.98 Å². The average Bonchev–Trinajstić information content (AvgIpc) is 3.05. The van der Waals surface area contributed by atoms with Gasteiger partial charge >= 0.3 is 0 Å². The summed E-state index contributed by atoms with van der Waals surface area (Å²) in [6.07, 6.45) is 6.55. The first kappa shape index (κ1) is 24.3. The molecule has 1 amide bonds. The lowest BCUT2D eigenvalue weighted by atomic mass is 9.94. The second-order valence-corrected chi connectivity index (χ2v) is 10.9. The minimum atomic E-state index is -0.295. The SMILES string of the molecule is CCOCCCn1c(SC(C)C(=O)N(C)C2CCCCC2)nc2sc(C)c(C)c2c1=O. The second-order valence-electron chi connectivity index (χ2n) is 8.37. The Bertz CT molecular complexity index is 963. The number of hydrogen-bond donors (Lipinski definition) is 0. The number of thiophene rings is 1. The summed E-state index contributed by atoms with van der Waals surface area (Å²) in [7, 11) is 1.92. The number of carbonyl (C=O) groups is 1. The molecule has 0 N–H and O–H groups in total. The molecule has 2 aromatic rings. The van der Waals surface area contributed by atoms with Crippen molar-refractivity contribution in [3.8, 4) is 0 Å². The fourth-order valence-electron chi connectivity index (χ4n) is 4.21. The number of aryl methyl sites for hydroxylation is 2. The molecule has 1 aliphatic rings. The van der Waals surface area contributed by atoms with Gasteiger partial charge in [-0.3, -0.25) is 14.2 Å². The van der Waals surface area contributed by atoms with Crippen molar-refractivity contribution in [2.75, 3.05) is 20.3 Å². The minimum absolute atomic E-state index is 0.00821. The molecule has 1 unspecified atom stereocenters. The van der Waals surface area contributed by atoms with Gasteiger partial charge in [0.25, 0.3) is 5.56 Å². The number of ether oxygens (including phenoxy) is 1. The Morgan fingerprint density at radius 1 is 1.32 bits per heavy atom. The third kappa shape index (κ3) is 5.52. The van der Waals surface area contributed by atoms with Crippen LogP contribution in [-0.4, -0.2) is 51.9 Å². The Labute approximate surface area is 193 Å². The van der Waals surface area contributed by atoms with Crippen molar-refractivity contribution in [3.05, 3.63) is 20.8 Å². The summed E-state index contributed by atoms with van der Waals surface area (Å²) < 4.78 is 7.21. The zero-order valence-electron chi connectivity index (χ0n) is 19.4. The molecule has 2 heterocycles. The summed E-state index contributed by atoms with van der Waals surface area (Å²) in [5.41, 5.74) is 1.000. The molecule has 2 aromatic heterocycles. The zero-order valence-corrected chi connectivity index (χ0v) is 21.0. The van der Waals surface area contributed by atoms with Gasteiger partial charge in [-0.05, 0) is 52.5 Å². The Balaban J connectivity index is 1.86. The molecule has 0 radical (unpaired) electrons. The Morgan fingerprint density at radius 2 is 2.03 bits per heavy atom. The molecule has 31 heavy (non-hydrogen) atoms. The van der Waals surface area contributed by atoms with Gasteiger partial charge in [-0.15, -0.1) is 11.3 Å². The van der Waals surface area contributed by atoms with Gasteiger partial charge in [0.15, 0.2) is 5.16 Å². The van der Waals surface area contributed by atoms with Crippen molar-refractivity contribution >= 4 is 39.2 Å². The number of nitrogens with zero attached hydrogens (tertiary/aromatic N) is 3. The van der Waals surface area contributed by atoms with Gasteiger partial charge in [0.05, 0.1) is 10.6 Å². The molecule has 6 nitrogen and oxygen atoms in total. The van der Waals surface area contributed by atoms with Crippen LogP contribution in [0.15, 0.2) is 9.95 Å². The van der Waals surface area contributed by atoms with Gasteiger partial charge in [0.1, 0.15) is 4.83 Å². The largest absolute Gasteiger partial charge is 0.382 e. The lowest BCUT2D eigenvalue weighted by molar-refractivity contribution is -0.131. The molecule has 0 saturated heterocycles. The van der Waals surface area contributed by atoms with Crippen LogP contribution >= 0.6 is 23.1 Å². The van der Waals surface area contributed by atoms with Crippen molar-refractivity contribution in [2.24, 2.45) is 0 Å². The third-order valence-corrected chi connectivity index (χ3v) is 8.41. The molecule has 1 aliphatic carbocycles. The van der Waals surface area contributed by atoms with Crippen molar-refractivity contribution in [1.82, 2.24) is 14.5 Å². The van der Waals surface area contributed by atoms with Crippen LogP contribution in [0.4, 0.5) is 0 Å². The van der Waals surface area contributed by atoms with Crippen LogP contribution in [0.2, 0.25) is 0 Å². The number of carbonyl (C=O) groups excluding carboxylic acids is 1. The predicted octanol–water partition coefficient (Wildman–Crippen LogP) is 4.77. The van der Waals surface area contributed by atoms with E-state index < -0.39 is 0 Å². The van der Waals surface area contributed by atoms with Crippen LogP contribution in [0.3, 0.4) is 0 Å². The van der Waals surface area contributed by atoms with Crippen LogP contribution in [0.25, 0.3) is 10.2 Å². The topological polar surface area (TPSA) is 64.4 Å². The highest BCUT2D eigenvalue weighted by Gasteiger charge is 2.28. The van der Waals surface area contributed by atoms with Gasteiger partial charge in [-0.2, -0.15) is 0 Å². The Hall–Kier alpha value is -1.38. The van der Waals surface area contributed by atoms with Crippen molar-refractivity contribution in [1.29, 1.82) is 0 Å². The molecule has 1 atom stereocenters. The molecule has 0 bridgehead atoms. The van der Waals surface area contributed by atoms with Crippen molar-refractivity contribution < 1.29 is 9.53 Å². The summed E-state index contributed by atoms with van der Waals surface area (Å²) >= 11 is 2.96. The number of fused-ring (bicyclic) bond motifs is 1. The highest BCUT2D eigenvalue weighted by Crippen LogP contribution is 2.31. The lowest BCUT2D eigenvalue weighted by Crippen LogP contribution is -2.42. The fourth-order valence-corrected chi connectivity index (χ4v) is 6.31. The molecule has 172 valence electrons. The molecule has 1 saturated carbocycles. The quantitative estimate of drug-likeness (QED) is 0.303. The molecular weight excluding hydrogens is 430 g/mol. The molecule has 3 rings (SSSR count). The molecule has 0 aromatic carbocycles. The van der Waals surface area contributed by atoms with E-state index in [0.29, 0.717) is 36.3 Å². The number of hydrogen-bond acceptors (Lipinski definition) is 6. The van der Waals surface area contributed by atoms with Crippen LogP contribution in [0.1, 0.15) is 62.8 Å². The highest BCUT2D eigenvalue weighted by atomic mass is 32.2. The smallest absolute Gasteiger partial charge is 0.263 e. The van der Waals surface area contributed by atoms with Crippen LogP contribution in [0.5, 0.6) is 0 Å². The third-order valence-electron chi connectivity index (χ3n) is 6.23. The van der Waals surface area contributed by atoms with Crippen molar-refractivity contribution in [2.45, 2.75) is 89.2 Å². The first-order chi connectivity index (χ1) is 14.8. The van der Waals surface area contributed by atoms with E-state index in [0.717, 1.165) is 34.5 Å². The van der Waals surface area contributed by atoms with Crippen LogP contribution < -0.4 is 5.56 Å². The normalized spacial score (nSPS) is 16.0. The standard InChI is InChI=1S/C23H35N3O3S2/c1-6-29-14-10-13-26-22(28)19-15(2)16(3)30-20(19)24-23(26)31-17(4)21(27)25(5)18-11-8-7-9-12-18/h17-18H,6-14H2,1-5H3. The average molecular weight is 466 g/mol. The van der Waals surface area contributed by atoms with Gasteiger partial charge in [0.2, 0.25) is 5.91 Å². The first-order valence-electron chi connectivity index (χ1n) is 11.4. The van der Waals surface area contributed by atoms with Crippen molar-refractivity contribution in [3.63, 3.8) is 0 Å². The lowest BCUT2D eigenvalue weighted by Gasteiger charge is -2.32. The summed E-state index contributed by atoms with van der Waals surface area (Å²) in [6, 6.07) is 0.329. The molecule has 0 aliphatic heterocycles. The highest BCUT2D eigenvalue weighted by molar-refractivity contribution is 8.00. The Kier molecular flexibility index (Phi) is 8.58. The van der Waals surface area contributed by atoms with Gasteiger partial charge < -0.3 is 9.64 Å². The van der Waals surface area contributed by atoms with Crippen LogP contribution in [0, 0.1) is 13.8 Å². The Morgan fingerprint density at radius 3 is 2.71 bits per heavy atom. The monoisotopic (exact) mass is 465 g/mol. The second kappa shape index (κ2) is 11.0. The maximum absolute atomic E-state index is 13.4. The van der Waals surface area contributed by atoms with E-state index in [1.54, 1.807) is 15.9 Å². The number of rotatable bonds is 9.